The Morgan fingerprint density at radius 3 is 2.52 bits per heavy atom. The molecule has 0 aliphatic heterocycles. The molecule has 0 fully saturated rings. The van der Waals surface area contributed by atoms with Crippen molar-refractivity contribution in [2.75, 3.05) is 7.11 Å². The summed E-state index contributed by atoms with van der Waals surface area (Å²) in [4.78, 5) is 12.5. The fraction of sp³-hybridized carbons (Fsp3) is 0.188. The van der Waals surface area contributed by atoms with E-state index in [9.17, 15) is 4.79 Å². The van der Waals surface area contributed by atoms with Gasteiger partial charge < -0.3 is 4.74 Å². The number of aryl methyl sites for hydroxylation is 2. The average molecular weight is 314 g/mol. The zero-order valence-electron chi connectivity index (χ0n) is 12.7. The van der Waals surface area contributed by atoms with Gasteiger partial charge in [-0.3, -0.25) is 4.79 Å². The summed E-state index contributed by atoms with van der Waals surface area (Å²) >= 11 is 6.14. The van der Waals surface area contributed by atoms with Gasteiger partial charge in [-0.15, -0.1) is 0 Å². The van der Waals surface area contributed by atoms with Gasteiger partial charge in [0, 0.05) is 18.9 Å². The Bertz CT molecular complexity index is 659. The van der Waals surface area contributed by atoms with E-state index in [0.717, 1.165) is 10.9 Å². The Balaban J connectivity index is 0.00000220. The van der Waals surface area contributed by atoms with Gasteiger partial charge in [-0.2, -0.15) is 0 Å². The molecule has 0 aromatic heterocycles. The molecular weight excluding hydrogens is 298 g/mol. The standard InChI is InChI=1S/C16H16ClO2P.Li/c1-10-7-8-14(11(2)9-10)20-16(18)15-12(17)5-4-6-13(15)19-3;/h4-9,20H,1-3H3;. The summed E-state index contributed by atoms with van der Waals surface area (Å²) in [5, 5.41) is 1.48. The summed E-state index contributed by atoms with van der Waals surface area (Å²) in [5.41, 5.74) is 2.79. The van der Waals surface area contributed by atoms with Crippen molar-refractivity contribution in [3.05, 3.63) is 58.1 Å². The third-order valence-electron chi connectivity index (χ3n) is 3.05. The van der Waals surface area contributed by atoms with Gasteiger partial charge in [0.05, 0.1) is 17.7 Å². The van der Waals surface area contributed by atoms with E-state index < -0.39 is 0 Å². The van der Waals surface area contributed by atoms with E-state index >= 15 is 0 Å². The van der Waals surface area contributed by atoms with Crippen LogP contribution in [-0.4, -0.2) is 31.5 Å². The predicted octanol–water partition coefficient (Wildman–Crippen LogP) is 3.73. The number of ether oxygens (including phenoxy) is 1. The van der Waals surface area contributed by atoms with E-state index in [2.05, 4.69) is 6.07 Å². The number of hydrogen-bond donors (Lipinski definition) is 0. The minimum atomic E-state index is -0.000553. The van der Waals surface area contributed by atoms with Crippen LogP contribution in [0.2, 0.25) is 5.02 Å². The quantitative estimate of drug-likeness (QED) is 0.635. The SMILES string of the molecule is COc1cccc(Cl)c1C(=O)Pc1ccc(C)cc1C.[Li]. The molecule has 0 aliphatic carbocycles. The Morgan fingerprint density at radius 2 is 1.90 bits per heavy atom. The zero-order valence-corrected chi connectivity index (χ0v) is 14.4. The van der Waals surface area contributed by atoms with Gasteiger partial charge in [0.25, 0.3) is 0 Å². The predicted molar refractivity (Wildman–Crippen MR) is 92.0 cm³/mol. The van der Waals surface area contributed by atoms with Crippen LogP contribution in [0.1, 0.15) is 21.5 Å². The molecule has 0 saturated carbocycles. The molecule has 0 spiro atoms. The average Bonchev–Trinajstić information content (AvgIpc) is 2.41. The molecule has 0 N–H and O–H groups in total. The molecule has 0 bridgehead atoms. The van der Waals surface area contributed by atoms with Crippen LogP contribution in [0, 0.1) is 13.8 Å². The minimum absolute atomic E-state index is 0. The number of benzene rings is 2. The van der Waals surface area contributed by atoms with Crippen molar-refractivity contribution in [2.24, 2.45) is 0 Å². The van der Waals surface area contributed by atoms with Crippen molar-refractivity contribution >= 4 is 49.9 Å². The van der Waals surface area contributed by atoms with Crippen LogP contribution in [-0.2, 0) is 0 Å². The molecule has 2 aromatic rings. The first-order chi connectivity index (χ1) is 9.52. The van der Waals surface area contributed by atoms with Gasteiger partial charge in [0.2, 0.25) is 0 Å². The van der Waals surface area contributed by atoms with Gasteiger partial charge in [0.1, 0.15) is 5.75 Å². The maximum atomic E-state index is 12.5. The molecule has 5 heteroatoms. The third-order valence-corrected chi connectivity index (χ3v) is 4.67. The third kappa shape index (κ3) is 4.35. The molecule has 105 valence electrons. The Kier molecular flexibility index (Phi) is 6.98. The van der Waals surface area contributed by atoms with Gasteiger partial charge in [-0.1, -0.05) is 41.4 Å². The molecule has 2 nitrogen and oxygen atoms in total. The van der Waals surface area contributed by atoms with E-state index in [-0.39, 0.29) is 33.0 Å². The summed E-state index contributed by atoms with van der Waals surface area (Å²) in [6, 6.07) is 11.4. The number of methoxy groups -OCH3 is 1. The molecule has 21 heavy (non-hydrogen) atoms. The fourth-order valence-electron chi connectivity index (χ4n) is 2.03. The van der Waals surface area contributed by atoms with Crippen LogP contribution >= 0.6 is 20.2 Å². The van der Waals surface area contributed by atoms with Gasteiger partial charge in [0.15, 0.2) is 5.52 Å². The molecule has 0 heterocycles. The summed E-state index contributed by atoms with van der Waals surface area (Å²) in [6.45, 7) is 4.06. The number of hydrogen-bond acceptors (Lipinski definition) is 2. The van der Waals surface area contributed by atoms with Crippen LogP contribution in [0.15, 0.2) is 36.4 Å². The number of carbonyl (C=O) groups excluding carboxylic acids is 1. The number of rotatable bonds is 4. The Morgan fingerprint density at radius 1 is 1.19 bits per heavy atom. The first-order valence-electron chi connectivity index (χ1n) is 6.24. The van der Waals surface area contributed by atoms with Gasteiger partial charge in [-0.25, -0.2) is 0 Å². The van der Waals surface area contributed by atoms with E-state index in [1.165, 1.54) is 5.56 Å². The van der Waals surface area contributed by atoms with Crippen molar-refractivity contribution in [2.45, 2.75) is 13.8 Å². The normalized spacial score (nSPS) is 10.5. The second-order valence-electron chi connectivity index (χ2n) is 4.59. The first-order valence-corrected chi connectivity index (χ1v) is 7.62. The van der Waals surface area contributed by atoms with Gasteiger partial charge in [-0.05, 0) is 45.4 Å². The largest absolute Gasteiger partial charge is 0.496 e. The summed E-state index contributed by atoms with van der Waals surface area (Å²) in [5.74, 6) is 0.528. The van der Waals surface area contributed by atoms with Crippen molar-refractivity contribution in [3.63, 3.8) is 0 Å². The maximum absolute atomic E-state index is 12.5. The second-order valence-corrected chi connectivity index (χ2v) is 6.24. The molecule has 2 rings (SSSR count). The Labute approximate surface area is 144 Å². The number of halogens is 1. The molecule has 0 amide bonds. The van der Waals surface area contributed by atoms with Crippen LogP contribution in [0.25, 0.3) is 0 Å². The topological polar surface area (TPSA) is 26.3 Å². The molecule has 1 radical (unpaired) electrons. The molecule has 1 unspecified atom stereocenters. The first kappa shape index (κ1) is 18.3. The smallest absolute Gasteiger partial charge is 0.190 e. The molecule has 1 atom stereocenters. The fourth-order valence-corrected chi connectivity index (χ4v) is 3.43. The van der Waals surface area contributed by atoms with Crippen LogP contribution in [0.3, 0.4) is 0 Å². The van der Waals surface area contributed by atoms with Crippen molar-refractivity contribution in [1.82, 2.24) is 0 Å². The minimum Gasteiger partial charge on any atom is -0.496 e. The Hall–Kier alpha value is -0.773. The van der Waals surface area contributed by atoms with Crippen LogP contribution < -0.4 is 10.0 Å². The van der Waals surface area contributed by atoms with Crippen LogP contribution in [0.4, 0.5) is 0 Å². The molecular formula is C16H16ClLiO2P. The van der Waals surface area contributed by atoms with Crippen molar-refractivity contribution in [1.29, 1.82) is 0 Å². The summed E-state index contributed by atoms with van der Waals surface area (Å²) < 4.78 is 5.23. The molecule has 0 aliphatic rings. The van der Waals surface area contributed by atoms with E-state index in [4.69, 9.17) is 16.3 Å². The van der Waals surface area contributed by atoms with Crippen molar-refractivity contribution < 1.29 is 9.53 Å². The van der Waals surface area contributed by atoms with E-state index in [1.54, 1.807) is 25.3 Å². The van der Waals surface area contributed by atoms with Crippen LogP contribution in [0.5, 0.6) is 5.75 Å². The monoisotopic (exact) mass is 313 g/mol. The van der Waals surface area contributed by atoms with E-state index in [0.29, 0.717) is 16.3 Å². The van der Waals surface area contributed by atoms with Crippen molar-refractivity contribution in [3.8, 4) is 5.75 Å². The summed E-state index contributed by atoms with van der Waals surface area (Å²) in [6.07, 6.45) is 0. The zero-order chi connectivity index (χ0) is 14.7. The summed E-state index contributed by atoms with van der Waals surface area (Å²) in [7, 11) is 1.59. The van der Waals surface area contributed by atoms with E-state index in [1.807, 2.05) is 26.0 Å². The second kappa shape index (κ2) is 8.02. The van der Waals surface area contributed by atoms with Gasteiger partial charge >= 0.3 is 0 Å². The molecule has 2 aromatic carbocycles. The maximum Gasteiger partial charge on any atom is 0.190 e. The number of carbonyl (C=O) groups is 1. The molecule has 0 saturated heterocycles.